The summed E-state index contributed by atoms with van der Waals surface area (Å²) in [6, 6.07) is 1.57. The lowest BCUT2D eigenvalue weighted by Gasteiger charge is -2.13. The fourth-order valence-electron chi connectivity index (χ4n) is 2.40. The largest absolute Gasteiger partial charge is 0.508 e. The van der Waals surface area contributed by atoms with Gasteiger partial charge in [-0.05, 0) is 52.0 Å². The van der Waals surface area contributed by atoms with E-state index in [0.717, 1.165) is 31.3 Å². The average molecular weight is 302 g/mol. The first-order valence-electron chi connectivity index (χ1n) is 7.77. The van der Waals surface area contributed by atoms with Gasteiger partial charge in [-0.25, -0.2) is 0 Å². The van der Waals surface area contributed by atoms with Gasteiger partial charge in [0.15, 0.2) is 6.29 Å². The number of phenols is 2. The molecule has 0 radical (unpaired) electrons. The smallest absolute Gasteiger partial charge is 0.154 e. The van der Waals surface area contributed by atoms with Crippen LogP contribution in [-0.2, 0) is 12.8 Å². The first kappa shape index (κ1) is 18.0. The summed E-state index contributed by atoms with van der Waals surface area (Å²) < 4.78 is 0. The van der Waals surface area contributed by atoms with Crippen LogP contribution in [0.5, 0.6) is 11.5 Å². The summed E-state index contributed by atoms with van der Waals surface area (Å²) in [6.07, 6.45) is 9.47. The Kier molecular flexibility index (Phi) is 7.44. The third-order valence-electron chi connectivity index (χ3n) is 3.69. The molecule has 0 aromatic heterocycles. The van der Waals surface area contributed by atoms with Gasteiger partial charge in [0.25, 0.3) is 0 Å². The summed E-state index contributed by atoms with van der Waals surface area (Å²) in [5, 5.41) is 20.5. The van der Waals surface area contributed by atoms with Gasteiger partial charge in [-0.1, -0.05) is 24.1 Å². The molecule has 0 saturated heterocycles. The molecule has 1 rings (SSSR count). The molecule has 1 aromatic rings. The number of benzene rings is 1. The number of phenolic OH excluding ortho intramolecular Hbond substituents is 2. The number of allylic oxidation sites excluding steroid dienone is 3. The highest BCUT2D eigenvalue weighted by Crippen LogP contribution is 2.33. The van der Waals surface area contributed by atoms with Crippen molar-refractivity contribution >= 4 is 6.29 Å². The van der Waals surface area contributed by atoms with Crippen LogP contribution in [0.2, 0.25) is 0 Å². The van der Waals surface area contributed by atoms with Crippen LogP contribution in [0.3, 0.4) is 0 Å². The molecule has 22 heavy (non-hydrogen) atoms. The lowest BCUT2D eigenvalue weighted by Crippen LogP contribution is -1.98. The van der Waals surface area contributed by atoms with Gasteiger partial charge < -0.3 is 10.2 Å². The van der Waals surface area contributed by atoms with Gasteiger partial charge in [0, 0.05) is 11.1 Å². The van der Waals surface area contributed by atoms with Crippen molar-refractivity contribution in [3.05, 3.63) is 47.1 Å². The van der Waals surface area contributed by atoms with E-state index in [1.165, 1.54) is 0 Å². The summed E-state index contributed by atoms with van der Waals surface area (Å²) in [5.41, 5.74) is 2.47. The van der Waals surface area contributed by atoms with Crippen LogP contribution in [0.4, 0.5) is 0 Å². The van der Waals surface area contributed by atoms with Crippen molar-refractivity contribution < 1.29 is 15.0 Å². The van der Waals surface area contributed by atoms with Gasteiger partial charge >= 0.3 is 0 Å². The van der Waals surface area contributed by atoms with Crippen LogP contribution in [-0.4, -0.2) is 16.5 Å². The molecule has 0 atom stereocenters. The van der Waals surface area contributed by atoms with E-state index in [2.05, 4.69) is 6.58 Å². The van der Waals surface area contributed by atoms with Crippen LogP contribution in [0, 0.1) is 0 Å². The molecule has 120 valence electrons. The lowest BCUT2D eigenvalue weighted by molar-refractivity contribution is 0.111. The number of rotatable bonds is 9. The molecule has 0 saturated carbocycles. The molecule has 3 heteroatoms. The van der Waals surface area contributed by atoms with E-state index in [9.17, 15) is 15.0 Å². The van der Waals surface area contributed by atoms with Gasteiger partial charge in [-0.15, -0.1) is 6.58 Å². The fourth-order valence-corrected chi connectivity index (χ4v) is 2.40. The van der Waals surface area contributed by atoms with Crippen LogP contribution in [0.1, 0.15) is 61.0 Å². The zero-order valence-corrected chi connectivity index (χ0v) is 13.6. The quantitative estimate of drug-likeness (QED) is 0.301. The molecule has 0 fully saturated rings. The van der Waals surface area contributed by atoms with Crippen molar-refractivity contribution in [2.45, 2.75) is 52.4 Å². The summed E-state index contributed by atoms with van der Waals surface area (Å²) in [6.45, 7) is 7.62. The van der Waals surface area contributed by atoms with Gasteiger partial charge in [0.05, 0.1) is 5.56 Å². The zero-order valence-electron chi connectivity index (χ0n) is 13.6. The second-order valence-corrected chi connectivity index (χ2v) is 5.79. The number of carbonyl (C=O) groups is 1. The molecule has 0 aliphatic carbocycles. The van der Waals surface area contributed by atoms with E-state index in [1.807, 2.05) is 26.0 Å². The molecular formula is C19H26O3. The van der Waals surface area contributed by atoms with Gasteiger partial charge in [-0.2, -0.15) is 0 Å². The minimum atomic E-state index is -0.00797. The highest BCUT2D eigenvalue weighted by Gasteiger charge is 2.16. The molecule has 1 aromatic carbocycles. The Balaban J connectivity index is 2.93. The maximum Gasteiger partial charge on any atom is 0.154 e. The topological polar surface area (TPSA) is 57.5 Å². The lowest BCUT2D eigenvalue weighted by atomic mass is 9.95. The Morgan fingerprint density at radius 2 is 1.95 bits per heavy atom. The number of aldehydes is 1. The van der Waals surface area contributed by atoms with E-state index >= 15 is 0 Å². The SMILES string of the molecule is C=CCCCCCc1c(O)cc(CC=C(C)C)c(O)c1C=O. The maximum atomic E-state index is 11.3. The summed E-state index contributed by atoms with van der Waals surface area (Å²) in [4.78, 5) is 11.3. The van der Waals surface area contributed by atoms with E-state index < -0.39 is 0 Å². The van der Waals surface area contributed by atoms with Crippen LogP contribution < -0.4 is 0 Å². The number of unbranched alkanes of at least 4 members (excludes halogenated alkanes) is 3. The minimum absolute atomic E-state index is 0.00797. The molecule has 2 N–H and O–H groups in total. The predicted molar refractivity (Wildman–Crippen MR) is 90.7 cm³/mol. The number of hydrogen-bond donors (Lipinski definition) is 2. The van der Waals surface area contributed by atoms with Crippen LogP contribution >= 0.6 is 0 Å². The van der Waals surface area contributed by atoms with Gasteiger partial charge in [0.1, 0.15) is 11.5 Å². The average Bonchev–Trinajstić information content (AvgIpc) is 2.48. The van der Waals surface area contributed by atoms with E-state index in [-0.39, 0.29) is 17.1 Å². The first-order chi connectivity index (χ1) is 10.5. The monoisotopic (exact) mass is 302 g/mol. The van der Waals surface area contributed by atoms with Gasteiger partial charge in [-0.3, -0.25) is 4.79 Å². The standard InChI is InChI=1S/C19H26O3/c1-4-5-6-7-8-9-16-17(13-20)19(22)15(12-18(16)21)11-10-14(2)3/h4,10,12-13,21-22H,1,5-9,11H2,2-3H3. The number of hydrogen-bond acceptors (Lipinski definition) is 3. The van der Waals surface area contributed by atoms with Crippen molar-refractivity contribution in [2.24, 2.45) is 0 Å². The van der Waals surface area contributed by atoms with Crippen molar-refractivity contribution in [2.75, 3.05) is 0 Å². The fraction of sp³-hybridized carbons (Fsp3) is 0.421. The zero-order chi connectivity index (χ0) is 16.5. The minimum Gasteiger partial charge on any atom is -0.508 e. The van der Waals surface area contributed by atoms with Crippen LogP contribution in [0.15, 0.2) is 30.4 Å². The first-order valence-corrected chi connectivity index (χ1v) is 7.77. The van der Waals surface area contributed by atoms with Crippen molar-refractivity contribution in [1.29, 1.82) is 0 Å². The Bertz CT molecular complexity index is 552. The van der Waals surface area contributed by atoms with E-state index in [4.69, 9.17) is 0 Å². The Morgan fingerprint density at radius 1 is 1.23 bits per heavy atom. The summed E-state index contributed by atoms with van der Waals surface area (Å²) >= 11 is 0. The number of aromatic hydroxyl groups is 2. The predicted octanol–water partition coefficient (Wildman–Crippen LogP) is 4.71. The molecule has 0 heterocycles. The van der Waals surface area contributed by atoms with Crippen molar-refractivity contribution in [3.63, 3.8) is 0 Å². The molecule has 0 amide bonds. The normalized spacial score (nSPS) is 10.3. The summed E-state index contributed by atoms with van der Waals surface area (Å²) in [7, 11) is 0. The van der Waals surface area contributed by atoms with E-state index in [1.54, 1.807) is 6.07 Å². The van der Waals surface area contributed by atoms with E-state index in [0.29, 0.717) is 30.3 Å². The molecule has 0 aliphatic rings. The molecule has 3 nitrogen and oxygen atoms in total. The second kappa shape index (κ2) is 9.08. The highest BCUT2D eigenvalue weighted by molar-refractivity contribution is 5.84. The molecule has 0 aliphatic heterocycles. The molecule has 0 unspecified atom stereocenters. The van der Waals surface area contributed by atoms with Gasteiger partial charge in [0.2, 0.25) is 0 Å². The molecule has 0 spiro atoms. The Labute approximate surface area is 133 Å². The van der Waals surface area contributed by atoms with Crippen LogP contribution in [0.25, 0.3) is 0 Å². The Hall–Kier alpha value is -2.03. The third kappa shape index (κ3) is 5.06. The summed E-state index contributed by atoms with van der Waals surface area (Å²) in [5.74, 6) is 0.0900. The molecular weight excluding hydrogens is 276 g/mol. The van der Waals surface area contributed by atoms with Crippen molar-refractivity contribution in [3.8, 4) is 11.5 Å². The Morgan fingerprint density at radius 3 is 2.55 bits per heavy atom. The van der Waals surface area contributed by atoms with Crippen molar-refractivity contribution in [1.82, 2.24) is 0 Å². The maximum absolute atomic E-state index is 11.3. The third-order valence-corrected chi connectivity index (χ3v) is 3.69. The molecule has 0 bridgehead atoms. The second-order valence-electron chi connectivity index (χ2n) is 5.79. The number of carbonyl (C=O) groups excluding carboxylic acids is 1. The highest BCUT2D eigenvalue weighted by atomic mass is 16.3.